The summed E-state index contributed by atoms with van der Waals surface area (Å²) >= 11 is 0. The van der Waals surface area contributed by atoms with E-state index in [1.807, 2.05) is 20.8 Å². The van der Waals surface area contributed by atoms with E-state index in [4.69, 9.17) is 0 Å². The molecule has 1 aliphatic heterocycles. The summed E-state index contributed by atoms with van der Waals surface area (Å²) in [5.41, 5.74) is 1.01. The van der Waals surface area contributed by atoms with Crippen LogP contribution in [0.5, 0.6) is 0 Å². The largest absolute Gasteiger partial charge is 0.352 e. The summed E-state index contributed by atoms with van der Waals surface area (Å²) < 4.78 is 27.2. The standard InChI is InChI=1S/C23H35N3O4S/c1-16(2)21(23(28)24-19-6-4-5-7-19)25-22(27)18-12-14-26(15-13-18)31(29,30)20-10-8-17(3)9-11-20/h8-11,16,18-19,21H,4-7,12-15H2,1-3H3,(H,24,28)(H,25,27). The molecule has 1 saturated carbocycles. The Morgan fingerprint density at radius 3 is 2.13 bits per heavy atom. The van der Waals surface area contributed by atoms with Crippen LogP contribution < -0.4 is 10.6 Å². The van der Waals surface area contributed by atoms with Crippen LogP contribution in [0, 0.1) is 18.8 Å². The Morgan fingerprint density at radius 2 is 1.58 bits per heavy atom. The third-order valence-corrected chi connectivity index (χ3v) is 8.34. The summed E-state index contributed by atoms with van der Waals surface area (Å²) in [5.74, 6) is -0.584. The van der Waals surface area contributed by atoms with Gasteiger partial charge in [-0.25, -0.2) is 8.42 Å². The van der Waals surface area contributed by atoms with E-state index in [0.717, 1.165) is 31.2 Å². The van der Waals surface area contributed by atoms with Crippen LogP contribution in [0.4, 0.5) is 0 Å². The normalized spacial score (nSPS) is 20.0. The highest BCUT2D eigenvalue weighted by Crippen LogP contribution is 2.25. The lowest BCUT2D eigenvalue weighted by atomic mass is 9.95. The van der Waals surface area contributed by atoms with E-state index in [1.54, 1.807) is 24.3 Å². The topological polar surface area (TPSA) is 95.6 Å². The van der Waals surface area contributed by atoms with E-state index in [1.165, 1.54) is 4.31 Å². The smallest absolute Gasteiger partial charge is 0.243 e. The van der Waals surface area contributed by atoms with Crippen molar-refractivity contribution < 1.29 is 18.0 Å². The van der Waals surface area contributed by atoms with Crippen molar-refractivity contribution in [2.45, 2.75) is 76.3 Å². The first kappa shape index (κ1) is 23.7. The number of sulfonamides is 1. The molecule has 0 bridgehead atoms. The molecule has 3 rings (SSSR count). The van der Waals surface area contributed by atoms with Gasteiger partial charge in [0.25, 0.3) is 0 Å². The van der Waals surface area contributed by atoms with Crippen molar-refractivity contribution in [3.8, 4) is 0 Å². The molecule has 1 heterocycles. The Labute approximate surface area is 186 Å². The molecule has 0 spiro atoms. The second-order valence-corrected chi connectivity index (χ2v) is 11.1. The van der Waals surface area contributed by atoms with Crippen LogP contribution in [-0.2, 0) is 19.6 Å². The van der Waals surface area contributed by atoms with E-state index in [-0.39, 0.29) is 34.6 Å². The van der Waals surface area contributed by atoms with E-state index < -0.39 is 16.1 Å². The molecule has 1 atom stereocenters. The van der Waals surface area contributed by atoms with E-state index in [9.17, 15) is 18.0 Å². The first-order valence-corrected chi connectivity index (χ1v) is 12.8. The Kier molecular flexibility index (Phi) is 7.75. The van der Waals surface area contributed by atoms with Gasteiger partial charge in [-0.15, -0.1) is 0 Å². The molecule has 0 radical (unpaired) electrons. The number of carbonyl (C=O) groups is 2. The van der Waals surface area contributed by atoms with Gasteiger partial charge in [-0.05, 0) is 50.7 Å². The second-order valence-electron chi connectivity index (χ2n) is 9.21. The molecular formula is C23H35N3O4S. The number of amides is 2. The molecule has 2 N–H and O–H groups in total. The Hall–Kier alpha value is -1.93. The van der Waals surface area contributed by atoms with Crippen molar-refractivity contribution in [3.05, 3.63) is 29.8 Å². The zero-order valence-corrected chi connectivity index (χ0v) is 19.6. The molecule has 7 nitrogen and oxygen atoms in total. The number of rotatable bonds is 7. The summed E-state index contributed by atoms with van der Waals surface area (Å²) in [6, 6.07) is 6.47. The lowest BCUT2D eigenvalue weighted by Gasteiger charge is -2.32. The summed E-state index contributed by atoms with van der Waals surface area (Å²) in [6.45, 7) is 6.37. The fourth-order valence-electron chi connectivity index (χ4n) is 4.38. The minimum atomic E-state index is -3.55. The van der Waals surface area contributed by atoms with Gasteiger partial charge < -0.3 is 10.6 Å². The molecule has 1 aromatic rings. The van der Waals surface area contributed by atoms with Crippen molar-refractivity contribution in [2.24, 2.45) is 11.8 Å². The van der Waals surface area contributed by atoms with Gasteiger partial charge in [0, 0.05) is 25.0 Å². The lowest BCUT2D eigenvalue weighted by Crippen LogP contribution is -2.53. The van der Waals surface area contributed by atoms with Gasteiger partial charge in [0.05, 0.1) is 4.90 Å². The summed E-state index contributed by atoms with van der Waals surface area (Å²) in [7, 11) is -3.55. The van der Waals surface area contributed by atoms with Crippen LogP contribution in [0.3, 0.4) is 0 Å². The molecule has 1 saturated heterocycles. The average Bonchev–Trinajstić information content (AvgIpc) is 3.25. The van der Waals surface area contributed by atoms with E-state index >= 15 is 0 Å². The SMILES string of the molecule is Cc1ccc(S(=O)(=O)N2CCC(C(=O)NC(C(=O)NC3CCCC3)C(C)C)CC2)cc1. The fourth-order valence-corrected chi connectivity index (χ4v) is 5.85. The zero-order chi connectivity index (χ0) is 22.6. The maximum absolute atomic E-state index is 12.9. The molecule has 31 heavy (non-hydrogen) atoms. The number of hydrogen-bond donors (Lipinski definition) is 2. The van der Waals surface area contributed by atoms with E-state index in [0.29, 0.717) is 25.9 Å². The number of nitrogens with one attached hydrogen (secondary N) is 2. The number of benzene rings is 1. The molecule has 1 aromatic carbocycles. The molecule has 172 valence electrons. The van der Waals surface area contributed by atoms with Crippen molar-refractivity contribution in [1.29, 1.82) is 0 Å². The molecule has 2 fully saturated rings. The lowest BCUT2D eigenvalue weighted by molar-refractivity contribution is -0.133. The molecule has 0 aromatic heterocycles. The van der Waals surface area contributed by atoms with Crippen LogP contribution >= 0.6 is 0 Å². The average molecular weight is 450 g/mol. The van der Waals surface area contributed by atoms with Crippen molar-refractivity contribution in [2.75, 3.05) is 13.1 Å². The van der Waals surface area contributed by atoms with Crippen LogP contribution in [0.25, 0.3) is 0 Å². The molecule has 8 heteroatoms. The number of piperidine rings is 1. The summed E-state index contributed by atoms with van der Waals surface area (Å²) in [6.07, 6.45) is 5.16. The van der Waals surface area contributed by atoms with Crippen LogP contribution in [0.2, 0.25) is 0 Å². The van der Waals surface area contributed by atoms with Crippen LogP contribution in [-0.4, -0.2) is 49.7 Å². The Balaban J connectivity index is 1.56. The minimum absolute atomic E-state index is 0.0210. The third kappa shape index (κ3) is 5.86. The molecular weight excluding hydrogens is 414 g/mol. The highest BCUT2D eigenvalue weighted by Gasteiger charge is 2.34. The summed E-state index contributed by atoms with van der Waals surface area (Å²) in [4.78, 5) is 25.9. The van der Waals surface area contributed by atoms with Crippen LogP contribution in [0.1, 0.15) is 57.9 Å². The quantitative estimate of drug-likeness (QED) is 0.669. The number of nitrogens with zero attached hydrogens (tertiary/aromatic N) is 1. The van der Waals surface area contributed by atoms with Gasteiger partial charge in [0.2, 0.25) is 21.8 Å². The van der Waals surface area contributed by atoms with E-state index in [2.05, 4.69) is 10.6 Å². The molecule has 2 amide bonds. The Morgan fingerprint density at radius 1 is 1.00 bits per heavy atom. The van der Waals surface area contributed by atoms with Gasteiger partial charge in [-0.3, -0.25) is 9.59 Å². The van der Waals surface area contributed by atoms with Crippen molar-refractivity contribution in [3.63, 3.8) is 0 Å². The monoisotopic (exact) mass is 449 g/mol. The van der Waals surface area contributed by atoms with Gasteiger partial charge in [-0.2, -0.15) is 4.31 Å². The summed E-state index contributed by atoms with van der Waals surface area (Å²) in [5, 5.41) is 6.01. The third-order valence-electron chi connectivity index (χ3n) is 6.43. The molecule has 2 aliphatic rings. The number of carbonyl (C=O) groups excluding carboxylic acids is 2. The first-order chi connectivity index (χ1) is 14.7. The van der Waals surface area contributed by atoms with Gasteiger partial charge >= 0.3 is 0 Å². The van der Waals surface area contributed by atoms with Gasteiger partial charge in [-0.1, -0.05) is 44.4 Å². The van der Waals surface area contributed by atoms with Crippen LogP contribution in [0.15, 0.2) is 29.2 Å². The molecule has 1 unspecified atom stereocenters. The maximum atomic E-state index is 12.9. The minimum Gasteiger partial charge on any atom is -0.352 e. The zero-order valence-electron chi connectivity index (χ0n) is 18.8. The second kappa shape index (κ2) is 10.1. The van der Waals surface area contributed by atoms with Crippen molar-refractivity contribution >= 4 is 21.8 Å². The highest BCUT2D eigenvalue weighted by molar-refractivity contribution is 7.89. The number of aryl methyl sites for hydroxylation is 1. The highest BCUT2D eigenvalue weighted by atomic mass is 32.2. The van der Waals surface area contributed by atoms with Gasteiger partial charge in [0.15, 0.2) is 0 Å². The molecule has 1 aliphatic carbocycles. The van der Waals surface area contributed by atoms with Crippen molar-refractivity contribution in [1.82, 2.24) is 14.9 Å². The Bertz CT molecular complexity index is 869. The number of hydrogen-bond acceptors (Lipinski definition) is 4. The predicted octanol–water partition coefficient (Wildman–Crippen LogP) is 2.60. The predicted molar refractivity (Wildman–Crippen MR) is 120 cm³/mol. The maximum Gasteiger partial charge on any atom is 0.243 e. The fraction of sp³-hybridized carbons (Fsp3) is 0.652. The first-order valence-electron chi connectivity index (χ1n) is 11.4. The van der Waals surface area contributed by atoms with Gasteiger partial charge in [0.1, 0.15) is 6.04 Å².